The van der Waals surface area contributed by atoms with Crippen LogP contribution in [0.3, 0.4) is 0 Å². The minimum atomic E-state index is -3.68. The molecule has 0 radical (unpaired) electrons. The summed E-state index contributed by atoms with van der Waals surface area (Å²) in [4.78, 5) is 18.1. The zero-order valence-electron chi connectivity index (χ0n) is 13.2. The van der Waals surface area contributed by atoms with Crippen molar-refractivity contribution in [1.82, 2.24) is 4.90 Å². The van der Waals surface area contributed by atoms with Crippen LogP contribution in [0, 0.1) is 0 Å². The monoisotopic (exact) mass is 338 g/mol. The van der Waals surface area contributed by atoms with Crippen LogP contribution in [0.5, 0.6) is 0 Å². The Hall–Kier alpha value is -1.64. The molecular weight excluding hydrogens is 316 g/mol. The standard InChI is InChI=1S/C15H22N4O3S/c1-17-6-8-18(9-7-17)12-2-4-13(5-3-12)19-11-14(10-15(19)20)23(16,21)22/h2-5,14H,6-11H2,1H3,(H2,16,21,22). The first kappa shape index (κ1) is 16.2. The zero-order valence-corrected chi connectivity index (χ0v) is 14.0. The van der Waals surface area contributed by atoms with Crippen LogP contribution in [0.2, 0.25) is 0 Å². The maximum absolute atomic E-state index is 12.0. The summed E-state index contributed by atoms with van der Waals surface area (Å²) in [5.74, 6) is -0.198. The number of benzene rings is 1. The molecule has 2 saturated heterocycles. The molecule has 23 heavy (non-hydrogen) atoms. The van der Waals surface area contributed by atoms with Gasteiger partial charge in [-0.1, -0.05) is 0 Å². The van der Waals surface area contributed by atoms with Gasteiger partial charge in [0.2, 0.25) is 15.9 Å². The molecule has 1 aromatic carbocycles. The number of rotatable bonds is 3. The Balaban J connectivity index is 1.71. The van der Waals surface area contributed by atoms with Crippen molar-refractivity contribution in [1.29, 1.82) is 0 Å². The predicted molar refractivity (Wildman–Crippen MR) is 90.0 cm³/mol. The van der Waals surface area contributed by atoms with Gasteiger partial charge >= 0.3 is 0 Å². The second kappa shape index (κ2) is 6.10. The summed E-state index contributed by atoms with van der Waals surface area (Å²) < 4.78 is 22.9. The molecule has 0 aliphatic carbocycles. The summed E-state index contributed by atoms with van der Waals surface area (Å²) in [5, 5.41) is 4.35. The number of carbonyl (C=O) groups is 1. The third kappa shape index (κ3) is 3.49. The Morgan fingerprint density at radius 2 is 1.61 bits per heavy atom. The molecule has 1 aromatic rings. The van der Waals surface area contributed by atoms with E-state index in [2.05, 4.69) is 16.8 Å². The van der Waals surface area contributed by atoms with Gasteiger partial charge in [-0.15, -0.1) is 0 Å². The number of hydrogen-bond donors (Lipinski definition) is 1. The molecule has 126 valence electrons. The third-order valence-corrected chi connectivity index (χ3v) is 5.83. The highest BCUT2D eigenvalue weighted by Gasteiger charge is 2.37. The second-order valence-electron chi connectivity index (χ2n) is 6.23. The SMILES string of the molecule is CN1CCN(c2ccc(N3CC(S(N)(=O)=O)CC3=O)cc2)CC1. The topological polar surface area (TPSA) is 86.9 Å². The maximum Gasteiger partial charge on any atom is 0.228 e. The Labute approximate surface area is 136 Å². The molecule has 2 heterocycles. The summed E-state index contributed by atoms with van der Waals surface area (Å²) in [5.41, 5.74) is 1.84. The Morgan fingerprint density at radius 1 is 1.04 bits per heavy atom. The van der Waals surface area contributed by atoms with Gasteiger partial charge in [0.15, 0.2) is 0 Å². The summed E-state index contributed by atoms with van der Waals surface area (Å²) in [6, 6.07) is 7.71. The van der Waals surface area contributed by atoms with Gasteiger partial charge in [0.05, 0.1) is 0 Å². The lowest BCUT2D eigenvalue weighted by molar-refractivity contribution is -0.117. The highest BCUT2D eigenvalue weighted by atomic mass is 32.2. The molecule has 2 fully saturated rings. The fraction of sp³-hybridized carbons (Fsp3) is 0.533. The predicted octanol–water partition coefficient (Wildman–Crippen LogP) is -0.168. The van der Waals surface area contributed by atoms with Crippen molar-refractivity contribution < 1.29 is 13.2 Å². The van der Waals surface area contributed by atoms with Crippen LogP contribution in [0.25, 0.3) is 0 Å². The minimum absolute atomic E-state index is 0.0426. The largest absolute Gasteiger partial charge is 0.369 e. The third-order valence-electron chi connectivity index (χ3n) is 4.58. The number of nitrogens with zero attached hydrogens (tertiary/aromatic N) is 3. The van der Waals surface area contributed by atoms with Gasteiger partial charge in [0, 0.05) is 50.5 Å². The molecule has 3 rings (SSSR count). The van der Waals surface area contributed by atoms with Crippen molar-refractivity contribution in [3.8, 4) is 0 Å². The van der Waals surface area contributed by atoms with E-state index in [9.17, 15) is 13.2 Å². The van der Waals surface area contributed by atoms with Gasteiger partial charge < -0.3 is 14.7 Å². The molecule has 8 heteroatoms. The molecule has 7 nitrogen and oxygen atoms in total. The van der Waals surface area contributed by atoms with Gasteiger partial charge in [-0.05, 0) is 31.3 Å². The van der Waals surface area contributed by atoms with E-state index in [4.69, 9.17) is 5.14 Å². The van der Waals surface area contributed by atoms with Crippen molar-refractivity contribution in [2.45, 2.75) is 11.7 Å². The van der Waals surface area contributed by atoms with Gasteiger partial charge in [0.1, 0.15) is 5.25 Å². The minimum Gasteiger partial charge on any atom is -0.369 e. The molecule has 1 atom stereocenters. The average Bonchev–Trinajstić information content (AvgIpc) is 2.90. The number of sulfonamides is 1. The molecule has 2 aliphatic heterocycles. The number of primary sulfonamides is 1. The lowest BCUT2D eigenvalue weighted by Crippen LogP contribution is -2.44. The van der Waals surface area contributed by atoms with E-state index in [0.717, 1.165) is 37.6 Å². The molecule has 1 amide bonds. The maximum atomic E-state index is 12.0. The van der Waals surface area contributed by atoms with Gasteiger partial charge in [0.25, 0.3) is 0 Å². The first-order chi connectivity index (χ1) is 10.8. The Morgan fingerprint density at radius 3 is 2.13 bits per heavy atom. The molecule has 2 N–H and O–H groups in total. The van der Waals surface area contributed by atoms with E-state index >= 15 is 0 Å². The molecule has 0 saturated carbocycles. The van der Waals surface area contributed by atoms with Crippen LogP contribution >= 0.6 is 0 Å². The quantitative estimate of drug-likeness (QED) is 0.827. The lowest BCUT2D eigenvalue weighted by Gasteiger charge is -2.34. The summed E-state index contributed by atoms with van der Waals surface area (Å²) >= 11 is 0. The van der Waals surface area contributed by atoms with E-state index in [1.54, 1.807) is 0 Å². The summed E-state index contributed by atoms with van der Waals surface area (Å²) in [6.45, 7) is 4.15. The van der Waals surface area contributed by atoms with Crippen molar-refractivity contribution >= 4 is 27.3 Å². The number of piperazine rings is 1. The molecule has 2 aliphatic rings. The van der Waals surface area contributed by atoms with Gasteiger partial charge in [-0.2, -0.15) is 0 Å². The van der Waals surface area contributed by atoms with Crippen LogP contribution in [0.4, 0.5) is 11.4 Å². The van der Waals surface area contributed by atoms with Gasteiger partial charge in [-0.25, -0.2) is 13.6 Å². The highest BCUT2D eigenvalue weighted by molar-refractivity contribution is 7.89. The Bertz CT molecular complexity index is 681. The smallest absolute Gasteiger partial charge is 0.228 e. The molecule has 0 bridgehead atoms. The van der Waals surface area contributed by atoms with Crippen molar-refractivity contribution in [3.63, 3.8) is 0 Å². The summed E-state index contributed by atoms with van der Waals surface area (Å²) in [6.07, 6.45) is -0.0426. The molecule has 0 aromatic heterocycles. The number of anilines is 2. The first-order valence-electron chi connectivity index (χ1n) is 7.70. The van der Waals surface area contributed by atoms with Crippen LogP contribution < -0.4 is 14.9 Å². The number of carbonyl (C=O) groups excluding carboxylic acids is 1. The fourth-order valence-electron chi connectivity index (χ4n) is 3.05. The molecular formula is C15H22N4O3S. The van der Waals surface area contributed by atoms with E-state index < -0.39 is 15.3 Å². The number of hydrogen-bond acceptors (Lipinski definition) is 5. The Kier molecular flexibility index (Phi) is 4.31. The normalized spacial score (nSPS) is 23.6. The van der Waals surface area contributed by atoms with Crippen LogP contribution in [0.15, 0.2) is 24.3 Å². The van der Waals surface area contributed by atoms with Crippen molar-refractivity contribution in [3.05, 3.63) is 24.3 Å². The van der Waals surface area contributed by atoms with Crippen molar-refractivity contribution in [2.24, 2.45) is 5.14 Å². The number of likely N-dealkylation sites (N-methyl/N-ethyl adjacent to an activating group) is 1. The number of nitrogens with two attached hydrogens (primary N) is 1. The molecule has 0 spiro atoms. The van der Waals surface area contributed by atoms with Crippen LogP contribution in [-0.4, -0.2) is 64.2 Å². The van der Waals surface area contributed by atoms with Gasteiger partial charge in [-0.3, -0.25) is 4.79 Å². The zero-order chi connectivity index (χ0) is 16.6. The van der Waals surface area contributed by atoms with Crippen molar-refractivity contribution in [2.75, 3.05) is 49.6 Å². The fourth-order valence-corrected chi connectivity index (χ4v) is 3.78. The molecule has 1 unspecified atom stereocenters. The first-order valence-corrected chi connectivity index (χ1v) is 9.31. The van der Waals surface area contributed by atoms with E-state index in [1.807, 2.05) is 24.3 Å². The van der Waals surface area contributed by atoms with E-state index in [-0.39, 0.29) is 18.9 Å². The second-order valence-corrected chi connectivity index (χ2v) is 8.07. The average molecular weight is 338 g/mol. The number of amides is 1. The lowest BCUT2D eigenvalue weighted by atomic mass is 10.2. The van der Waals surface area contributed by atoms with Crippen LogP contribution in [0.1, 0.15) is 6.42 Å². The summed E-state index contributed by atoms with van der Waals surface area (Å²) in [7, 11) is -1.57. The highest BCUT2D eigenvalue weighted by Crippen LogP contribution is 2.27. The van der Waals surface area contributed by atoms with E-state index in [0.29, 0.717) is 0 Å². The van der Waals surface area contributed by atoms with E-state index in [1.165, 1.54) is 4.90 Å². The van der Waals surface area contributed by atoms with Crippen LogP contribution in [-0.2, 0) is 14.8 Å².